The number of nitrogens with one attached hydrogen (secondary N) is 1. The molecule has 2 aromatic rings. The van der Waals surface area contributed by atoms with E-state index < -0.39 is 53.0 Å². The highest BCUT2D eigenvalue weighted by Crippen LogP contribution is 2.37. The Balaban J connectivity index is 2.13. The minimum Gasteiger partial charge on any atom is -0.760 e. The maximum atomic E-state index is 14.9. The molecule has 1 fully saturated rings. The van der Waals surface area contributed by atoms with Gasteiger partial charge in [0.25, 0.3) is 0 Å². The van der Waals surface area contributed by atoms with Crippen molar-refractivity contribution in [3.05, 3.63) is 64.7 Å². The molecule has 1 heterocycles. The maximum Gasteiger partial charge on any atom is 0.495 e. The first kappa shape index (κ1) is 23.7. The molecule has 0 aromatic heterocycles. The highest BCUT2D eigenvalue weighted by molar-refractivity contribution is 7.77. The van der Waals surface area contributed by atoms with E-state index in [0.717, 1.165) is 18.2 Å². The summed E-state index contributed by atoms with van der Waals surface area (Å²) < 4.78 is 64.6. The van der Waals surface area contributed by atoms with Crippen LogP contribution in [0.5, 0.6) is 0 Å². The molecule has 0 aliphatic carbocycles. The van der Waals surface area contributed by atoms with Crippen LogP contribution in [0.15, 0.2) is 36.4 Å². The van der Waals surface area contributed by atoms with Gasteiger partial charge in [0.1, 0.15) is 11.6 Å². The third-order valence-corrected chi connectivity index (χ3v) is 6.31. The normalized spacial score (nSPS) is 19.3. The SMILES string of the molecule is CC(NS(=O)[O-])c1cc(B2OC(C)(C)C(C)(C)O2)c(C(=O)c2ccc(F)cc2)cc1F. The number of carbonyl (C=O) groups is 1. The minimum absolute atomic E-state index is 0.0122. The van der Waals surface area contributed by atoms with Gasteiger partial charge < -0.3 is 13.9 Å². The smallest absolute Gasteiger partial charge is 0.495 e. The Morgan fingerprint density at radius 1 is 1.10 bits per heavy atom. The Labute approximate surface area is 182 Å². The molecule has 166 valence electrons. The minimum atomic E-state index is -2.62. The van der Waals surface area contributed by atoms with Crippen LogP contribution in [0.25, 0.3) is 0 Å². The van der Waals surface area contributed by atoms with E-state index in [1.165, 1.54) is 25.1 Å². The van der Waals surface area contributed by atoms with Gasteiger partial charge in [0.05, 0.1) is 11.2 Å². The highest BCUT2D eigenvalue weighted by atomic mass is 32.2. The zero-order valence-electron chi connectivity index (χ0n) is 17.8. The van der Waals surface area contributed by atoms with Crippen LogP contribution in [-0.4, -0.2) is 32.9 Å². The summed E-state index contributed by atoms with van der Waals surface area (Å²) in [6.45, 7) is 8.82. The Hall–Kier alpha value is -1.98. The van der Waals surface area contributed by atoms with E-state index in [9.17, 15) is 22.3 Å². The largest absolute Gasteiger partial charge is 0.760 e. The molecular formula is C21H23BF2NO5S-. The summed E-state index contributed by atoms with van der Waals surface area (Å²) in [6.07, 6.45) is 0. The lowest BCUT2D eigenvalue weighted by Gasteiger charge is -2.32. The summed E-state index contributed by atoms with van der Waals surface area (Å²) in [5, 5.41) is 0. The fourth-order valence-corrected chi connectivity index (χ4v) is 3.68. The molecule has 0 saturated carbocycles. The predicted octanol–water partition coefficient (Wildman–Crippen LogP) is 2.94. The van der Waals surface area contributed by atoms with E-state index in [0.29, 0.717) is 0 Å². The van der Waals surface area contributed by atoms with Crippen LogP contribution in [0.4, 0.5) is 8.78 Å². The summed E-state index contributed by atoms with van der Waals surface area (Å²) >= 11 is -2.62. The number of ketones is 1. The standard InChI is InChI=1S/C21H24BF2NO5S/c1-12(25-31(27)28)15-10-17(22-29-20(2,3)21(4,5)30-22)16(11-18(15)24)19(26)13-6-8-14(23)9-7-13/h6-12,25H,1-5H3,(H,27,28)/p-1. The number of rotatable bonds is 6. The van der Waals surface area contributed by atoms with Crippen molar-refractivity contribution in [3.8, 4) is 0 Å². The average Bonchev–Trinajstić information content (AvgIpc) is 2.88. The lowest BCUT2D eigenvalue weighted by molar-refractivity contribution is 0.00578. The van der Waals surface area contributed by atoms with Crippen molar-refractivity contribution in [2.75, 3.05) is 0 Å². The first-order valence-electron chi connectivity index (χ1n) is 9.67. The van der Waals surface area contributed by atoms with Gasteiger partial charge in [-0.2, -0.15) is 0 Å². The molecule has 2 aromatic carbocycles. The molecule has 1 saturated heterocycles. The molecule has 0 bridgehead atoms. The topological polar surface area (TPSA) is 87.7 Å². The molecule has 6 nitrogen and oxygen atoms in total. The predicted molar refractivity (Wildman–Crippen MR) is 112 cm³/mol. The lowest BCUT2D eigenvalue weighted by atomic mass is 9.73. The quantitative estimate of drug-likeness (QED) is 0.416. The van der Waals surface area contributed by atoms with Crippen LogP contribution in [0.1, 0.15) is 62.1 Å². The molecule has 31 heavy (non-hydrogen) atoms. The molecule has 3 rings (SSSR count). The van der Waals surface area contributed by atoms with Crippen LogP contribution < -0.4 is 10.2 Å². The van der Waals surface area contributed by atoms with Crippen LogP contribution >= 0.6 is 0 Å². The van der Waals surface area contributed by atoms with Crippen LogP contribution in [0.2, 0.25) is 0 Å². The van der Waals surface area contributed by atoms with Gasteiger partial charge in [-0.25, -0.2) is 13.5 Å². The van der Waals surface area contributed by atoms with Gasteiger partial charge in [0.2, 0.25) is 0 Å². The van der Waals surface area contributed by atoms with E-state index in [-0.39, 0.29) is 22.2 Å². The van der Waals surface area contributed by atoms with Crippen molar-refractivity contribution >= 4 is 29.6 Å². The molecule has 0 spiro atoms. The summed E-state index contributed by atoms with van der Waals surface area (Å²) in [5.41, 5.74) is -0.995. The lowest BCUT2D eigenvalue weighted by Crippen LogP contribution is -2.41. The zero-order valence-corrected chi connectivity index (χ0v) is 18.6. The fraction of sp³-hybridized carbons (Fsp3) is 0.381. The molecule has 10 heteroatoms. The summed E-state index contributed by atoms with van der Waals surface area (Å²) in [7, 11) is -0.992. The van der Waals surface area contributed by atoms with Crippen molar-refractivity contribution in [3.63, 3.8) is 0 Å². The van der Waals surface area contributed by atoms with Crippen molar-refractivity contribution in [2.45, 2.75) is 51.9 Å². The Morgan fingerprint density at radius 3 is 2.16 bits per heavy atom. The molecule has 1 aliphatic heterocycles. The molecule has 1 aliphatic rings. The van der Waals surface area contributed by atoms with Crippen molar-refractivity contribution < 1.29 is 31.6 Å². The van der Waals surface area contributed by atoms with Crippen LogP contribution in [0, 0.1) is 11.6 Å². The van der Waals surface area contributed by atoms with E-state index in [1.807, 2.05) is 27.7 Å². The molecule has 1 N–H and O–H groups in total. The summed E-state index contributed by atoms with van der Waals surface area (Å²) in [6, 6.07) is 6.41. The maximum absolute atomic E-state index is 14.9. The first-order chi connectivity index (χ1) is 14.3. The fourth-order valence-electron chi connectivity index (χ4n) is 3.27. The first-order valence-corrected chi connectivity index (χ1v) is 10.7. The summed E-state index contributed by atoms with van der Waals surface area (Å²) in [4.78, 5) is 13.2. The van der Waals surface area contributed by atoms with Gasteiger partial charge in [-0.3, -0.25) is 9.00 Å². The number of hydrogen-bond donors (Lipinski definition) is 1. The van der Waals surface area contributed by atoms with Gasteiger partial charge in [0, 0.05) is 34.0 Å². The second-order valence-electron chi connectivity index (χ2n) is 8.46. The third-order valence-electron chi connectivity index (χ3n) is 5.77. The Morgan fingerprint density at radius 2 is 1.65 bits per heavy atom. The molecular weight excluding hydrogens is 427 g/mol. The van der Waals surface area contributed by atoms with E-state index in [1.54, 1.807) is 0 Å². The van der Waals surface area contributed by atoms with Crippen molar-refractivity contribution in [1.29, 1.82) is 0 Å². The number of carbonyl (C=O) groups excluding carboxylic acids is 1. The Kier molecular flexibility index (Phi) is 6.51. The van der Waals surface area contributed by atoms with Crippen LogP contribution in [-0.2, 0) is 20.6 Å². The number of benzene rings is 2. The highest BCUT2D eigenvalue weighted by Gasteiger charge is 2.52. The van der Waals surface area contributed by atoms with E-state index in [4.69, 9.17) is 9.31 Å². The number of hydrogen-bond acceptors (Lipinski definition) is 5. The van der Waals surface area contributed by atoms with Gasteiger partial charge in [0.15, 0.2) is 5.78 Å². The monoisotopic (exact) mass is 450 g/mol. The second kappa shape index (κ2) is 8.52. The molecule has 2 unspecified atom stereocenters. The second-order valence-corrected chi connectivity index (χ2v) is 9.16. The molecule has 0 radical (unpaired) electrons. The van der Waals surface area contributed by atoms with Crippen LogP contribution in [0.3, 0.4) is 0 Å². The molecule has 2 atom stereocenters. The van der Waals surface area contributed by atoms with Crippen molar-refractivity contribution in [1.82, 2.24) is 4.72 Å². The van der Waals surface area contributed by atoms with E-state index in [2.05, 4.69) is 4.72 Å². The number of halogens is 2. The van der Waals surface area contributed by atoms with Gasteiger partial charge in [-0.05, 0) is 70.4 Å². The third kappa shape index (κ3) is 4.78. The zero-order chi connectivity index (χ0) is 23.1. The van der Waals surface area contributed by atoms with E-state index >= 15 is 0 Å². The van der Waals surface area contributed by atoms with Gasteiger partial charge >= 0.3 is 7.12 Å². The van der Waals surface area contributed by atoms with Gasteiger partial charge in [-0.1, -0.05) is 6.07 Å². The Bertz CT molecular complexity index is 1010. The summed E-state index contributed by atoms with van der Waals surface area (Å²) in [5.74, 6) is -1.81. The average molecular weight is 450 g/mol. The molecule has 0 amide bonds. The van der Waals surface area contributed by atoms with Gasteiger partial charge in [-0.15, -0.1) is 0 Å². The van der Waals surface area contributed by atoms with Crippen molar-refractivity contribution in [2.24, 2.45) is 0 Å².